The molecule has 4 nitrogen and oxygen atoms in total. The number of amides is 1. The molecule has 1 aromatic rings. The maximum Gasteiger partial charge on any atom is 0.407 e. The fourth-order valence-electron chi connectivity index (χ4n) is 2.39. The second-order valence-electron chi connectivity index (χ2n) is 4.49. The summed E-state index contributed by atoms with van der Waals surface area (Å²) in [5.41, 5.74) is 0.968. The van der Waals surface area contributed by atoms with Gasteiger partial charge in [-0.1, -0.05) is 24.6 Å². The smallest absolute Gasteiger partial charge is 0.407 e. The molecule has 0 radical (unpaired) electrons. The molecule has 5 heteroatoms. The Morgan fingerprint density at radius 3 is 2.94 bits per heavy atom. The summed E-state index contributed by atoms with van der Waals surface area (Å²) in [6.07, 6.45) is -0.0322. The van der Waals surface area contributed by atoms with Gasteiger partial charge < -0.3 is 10.0 Å². The number of hydrogen-bond donors (Lipinski definition) is 1. The highest BCUT2D eigenvalue weighted by Gasteiger charge is 2.30. The number of halogens is 1. The minimum Gasteiger partial charge on any atom is -0.465 e. The number of hydrogen-bond acceptors (Lipinski definition) is 2. The van der Waals surface area contributed by atoms with Gasteiger partial charge in [0.25, 0.3) is 0 Å². The summed E-state index contributed by atoms with van der Waals surface area (Å²) in [5.74, 6) is 0.565. The van der Waals surface area contributed by atoms with Crippen LogP contribution in [0.4, 0.5) is 4.79 Å². The molecule has 0 aliphatic carbocycles. The maximum atomic E-state index is 10.9. The lowest BCUT2D eigenvalue weighted by molar-refractivity contribution is 0.115. The lowest BCUT2D eigenvalue weighted by Gasteiger charge is -2.35. The van der Waals surface area contributed by atoms with Gasteiger partial charge in [0.1, 0.15) is 5.15 Å². The molecule has 1 fully saturated rings. The monoisotopic (exact) mass is 254 g/mol. The van der Waals surface area contributed by atoms with Crippen molar-refractivity contribution in [3.8, 4) is 0 Å². The Bertz CT molecular complexity index is 425. The van der Waals surface area contributed by atoms with Gasteiger partial charge in [0.2, 0.25) is 0 Å². The van der Waals surface area contributed by atoms with E-state index in [0.29, 0.717) is 24.2 Å². The van der Waals surface area contributed by atoms with Crippen LogP contribution in [0.3, 0.4) is 0 Å². The zero-order valence-electron chi connectivity index (χ0n) is 9.64. The highest BCUT2D eigenvalue weighted by molar-refractivity contribution is 6.29. The van der Waals surface area contributed by atoms with Crippen molar-refractivity contribution in [1.29, 1.82) is 0 Å². The van der Waals surface area contributed by atoms with E-state index in [0.717, 1.165) is 12.1 Å². The third-order valence-electron chi connectivity index (χ3n) is 3.29. The number of piperidine rings is 1. The van der Waals surface area contributed by atoms with Gasteiger partial charge in [-0.15, -0.1) is 0 Å². The van der Waals surface area contributed by atoms with Gasteiger partial charge in [0.15, 0.2) is 0 Å². The van der Waals surface area contributed by atoms with Crippen molar-refractivity contribution in [2.45, 2.75) is 19.3 Å². The van der Waals surface area contributed by atoms with Crippen LogP contribution in [0, 0.1) is 5.92 Å². The zero-order valence-corrected chi connectivity index (χ0v) is 10.4. The predicted octanol–water partition coefficient (Wildman–Crippen LogP) is 2.84. The third kappa shape index (κ3) is 2.69. The van der Waals surface area contributed by atoms with Crippen molar-refractivity contribution in [3.63, 3.8) is 0 Å². The summed E-state index contributed by atoms with van der Waals surface area (Å²) < 4.78 is 0. The number of aromatic nitrogens is 1. The van der Waals surface area contributed by atoms with Crippen LogP contribution in [-0.4, -0.2) is 34.2 Å². The summed E-state index contributed by atoms with van der Waals surface area (Å²) in [6.45, 7) is 3.19. The van der Waals surface area contributed by atoms with E-state index in [1.807, 2.05) is 12.1 Å². The van der Waals surface area contributed by atoms with Crippen LogP contribution in [-0.2, 0) is 0 Å². The topological polar surface area (TPSA) is 53.4 Å². The Hall–Kier alpha value is -1.29. The quantitative estimate of drug-likeness (QED) is 0.784. The van der Waals surface area contributed by atoms with Crippen molar-refractivity contribution < 1.29 is 9.90 Å². The van der Waals surface area contributed by atoms with Gasteiger partial charge in [-0.05, 0) is 24.5 Å². The van der Waals surface area contributed by atoms with Gasteiger partial charge in [-0.3, -0.25) is 0 Å². The first kappa shape index (κ1) is 12.2. The largest absolute Gasteiger partial charge is 0.465 e. The van der Waals surface area contributed by atoms with Crippen LogP contribution in [0.2, 0.25) is 5.15 Å². The number of rotatable bonds is 1. The summed E-state index contributed by atoms with van der Waals surface area (Å²) in [6, 6.07) is 5.60. The van der Waals surface area contributed by atoms with Crippen molar-refractivity contribution in [3.05, 3.63) is 29.0 Å². The van der Waals surface area contributed by atoms with Crippen molar-refractivity contribution in [2.24, 2.45) is 5.92 Å². The summed E-state index contributed by atoms with van der Waals surface area (Å²) in [4.78, 5) is 16.7. The second-order valence-corrected chi connectivity index (χ2v) is 4.87. The molecule has 0 aromatic carbocycles. The predicted molar refractivity (Wildman–Crippen MR) is 65.4 cm³/mol. The standard InChI is InChI=1S/C12H15ClN2O2/c1-8-7-15(12(16)17)6-5-9(8)10-3-2-4-11(13)14-10/h2-4,8-9H,5-7H2,1H3,(H,16,17)/t8-,9+/m0/s1. The van der Waals surface area contributed by atoms with E-state index in [1.54, 1.807) is 6.07 Å². The Morgan fingerprint density at radius 2 is 2.35 bits per heavy atom. The molecule has 1 aliphatic heterocycles. The number of pyridine rings is 1. The lowest BCUT2D eigenvalue weighted by Crippen LogP contribution is -2.41. The van der Waals surface area contributed by atoms with Crippen molar-refractivity contribution in [2.75, 3.05) is 13.1 Å². The first-order valence-corrected chi connectivity index (χ1v) is 6.06. The van der Waals surface area contributed by atoms with E-state index in [2.05, 4.69) is 11.9 Å². The third-order valence-corrected chi connectivity index (χ3v) is 3.50. The van der Waals surface area contributed by atoms with Crippen LogP contribution in [0.5, 0.6) is 0 Å². The minimum absolute atomic E-state index is 0.269. The molecule has 1 aliphatic rings. The summed E-state index contributed by atoms with van der Waals surface area (Å²) in [7, 11) is 0. The van der Waals surface area contributed by atoms with Crippen LogP contribution in [0.15, 0.2) is 18.2 Å². The average Bonchev–Trinajstić information content (AvgIpc) is 2.28. The Balaban J connectivity index is 2.12. The van der Waals surface area contributed by atoms with Gasteiger partial charge >= 0.3 is 6.09 Å². The molecule has 92 valence electrons. The number of carbonyl (C=O) groups is 1. The van der Waals surface area contributed by atoms with E-state index in [1.165, 1.54) is 4.90 Å². The first-order chi connectivity index (χ1) is 8.08. The normalized spacial score (nSPS) is 24.7. The van der Waals surface area contributed by atoms with E-state index in [4.69, 9.17) is 16.7 Å². The average molecular weight is 255 g/mol. The van der Waals surface area contributed by atoms with E-state index in [9.17, 15) is 4.79 Å². The van der Waals surface area contributed by atoms with Gasteiger partial charge in [0.05, 0.1) is 0 Å². The molecule has 17 heavy (non-hydrogen) atoms. The van der Waals surface area contributed by atoms with Crippen LogP contribution >= 0.6 is 11.6 Å². The highest BCUT2D eigenvalue weighted by atomic mass is 35.5. The Labute approximate surface area is 105 Å². The van der Waals surface area contributed by atoms with Crippen LogP contribution < -0.4 is 0 Å². The van der Waals surface area contributed by atoms with Crippen molar-refractivity contribution >= 4 is 17.7 Å². The number of carboxylic acid groups (broad SMARTS) is 1. The number of nitrogens with zero attached hydrogens (tertiary/aromatic N) is 2. The first-order valence-electron chi connectivity index (χ1n) is 5.68. The van der Waals surface area contributed by atoms with E-state index < -0.39 is 6.09 Å². The molecule has 1 N–H and O–H groups in total. The molecule has 1 saturated heterocycles. The molecule has 2 heterocycles. The molecule has 0 saturated carbocycles. The second kappa shape index (κ2) is 4.92. The SMILES string of the molecule is C[C@H]1CN(C(=O)O)CC[C@H]1c1cccc(Cl)n1. The molecule has 1 aromatic heterocycles. The minimum atomic E-state index is -0.839. The van der Waals surface area contributed by atoms with Crippen molar-refractivity contribution in [1.82, 2.24) is 9.88 Å². The fraction of sp³-hybridized carbons (Fsp3) is 0.500. The zero-order chi connectivity index (χ0) is 12.4. The van der Waals surface area contributed by atoms with E-state index in [-0.39, 0.29) is 5.92 Å². The molecular formula is C12H15ClN2O2. The molecule has 0 unspecified atom stereocenters. The highest BCUT2D eigenvalue weighted by Crippen LogP contribution is 2.32. The number of likely N-dealkylation sites (tertiary alicyclic amines) is 1. The Morgan fingerprint density at radius 1 is 1.59 bits per heavy atom. The maximum absolute atomic E-state index is 10.9. The van der Waals surface area contributed by atoms with Gasteiger partial charge in [0, 0.05) is 24.7 Å². The van der Waals surface area contributed by atoms with Gasteiger partial charge in [-0.25, -0.2) is 9.78 Å². The summed E-state index contributed by atoms with van der Waals surface area (Å²) in [5, 5.41) is 9.44. The molecule has 0 bridgehead atoms. The van der Waals surface area contributed by atoms with Crippen LogP contribution in [0.25, 0.3) is 0 Å². The lowest BCUT2D eigenvalue weighted by atomic mass is 9.84. The molecule has 2 rings (SSSR count). The van der Waals surface area contributed by atoms with Crippen LogP contribution in [0.1, 0.15) is 25.0 Å². The fourth-order valence-corrected chi connectivity index (χ4v) is 2.56. The molecule has 2 atom stereocenters. The summed E-state index contributed by atoms with van der Waals surface area (Å²) >= 11 is 5.88. The molecule has 0 spiro atoms. The molecule has 1 amide bonds. The van der Waals surface area contributed by atoms with E-state index >= 15 is 0 Å². The Kier molecular flexibility index (Phi) is 3.52. The molecular weight excluding hydrogens is 240 g/mol. The van der Waals surface area contributed by atoms with Gasteiger partial charge in [-0.2, -0.15) is 0 Å².